The molecule has 2 N–H and O–H groups in total. The highest BCUT2D eigenvalue weighted by Crippen LogP contribution is 2.27. The molecular formula is C15H23FN2O2. The van der Waals surface area contributed by atoms with Gasteiger partial charge in [-0.05, 0) is 26.0 Å². The Hall–Kier alpha value is -1.62. The topological polar surface area (TPSA) is 52.6 Å². The maximum Gasteiger partial charge on any atom is 0.234 e. The Morgan fingerprint density at radius 2 is 2.05 bits per heavy atom. The quantitative estimate of drug-likeness (QED) is 0.841. The lowest BCUT2D eigenvalue weighted by molar-refractivity contribution is -0.122. The number of phenols is 1. The van der Waals surface area contributed by atoms with Crippen LogP contribution >= 0.6 is 0 Å². The standard InChI is InChI=1S/C15H23FN2O2/c1-10(2)8-17-15(20)9-18(4)11(3)13-6-5-12(16)7-14(13)19/h5-7,10-11,19H,8-9H2,1-4H3,(H,17,20). The summed E-state index contributed by atoms with van der Waals surface area (Å²) < 4.78 is 13.0. The largest absolute Gasteiger partial charge is 0.508 e. The minimum Gasteiger partial charge on any atom is -0.508 e. The fourth-order valence-electron chi connectivity index (χ4n) is 1.84. The molecule has 0 aromatic heterocycles. The number of phenolic OH excluding ortho intramolecular Hbond substituents is 1. The molecule has 20 heavy (non-hydrogen) atoms. The van der Waals surface area contributed by atoms with Gasteiger partial charge < -0.3 is 10.4 Å². The van der Waals surface area contributed by atoms with Gasteiger partial charge in [-0.15, -0.1) is 0 Å². The fraction of sp³-hybridized carbons (Fsp3) is 0.533. The summed E-state index contributed by atoms with van der Waals surface area (Å²) in [6.45, 7) is 6.79. The molecule has 0 saturated heterocycles. The van der Waals surface area contributed by atoms with E-state index in [1.165, 1.54) is 12.1 Å². The van der Waals surface area contributed by atoms with Crippen LogP contribution in [0.5, 0.6) is 5.75 Å². The van der Waals surface area contributed by atoms with Gasteiger partial charge in [-0.3, -0.25) is 9.69 Å². The van der Waals surface area contributed by atoms with Gasteiger partial charge in [0, 0.05) is 24.2 Å². The van der Waals surface area contributed by atoms with Gasteiger partial charge >= 0.3 is 0 Å². The highest BCUT2D eigenvalue weighted by molar-refractivity contribution is 5.78. The Labute approximate surface area is 119 Å². The first kappa shape index (κ1) is 16.4. The van der Waals surface area contributed by atoms with Crippen LogP contribution in [-0.4, -0.2) is 36.1 Å². The van der Waals surface area contributed by atoms with Gasteiger partial charge in [-0.1, -0.05) is 19.9 Å². The van der Waals surface area contributed by atoms with Crippen LogP contribution in [-0.2, 0) is 4.79 Å². The van der Waals surface area contributed by atoms with E-state index in [0.717, 1.165) is 6.07 Å². The van der Waals surface area contributed by atoms with Crippen molar-refractivity contribution in [3.05, 3.63) is 29.6 Å². The molecule has 0 bridgehead atoms. The smallest absolute Gasteiger partial charge is 0.234 e. The van der Waals surface area contributed by atoms with Crippen molar-refractivity contribution in [1.82, 2.24) is 10.2 Å². The number of rotatable bonds is 6. The number of nitrogens with one attached hydrogen (secondary N) is 1. The van der Waals surface area contributed by atoms with Crippen molar-refractivity contribution in [1.29, 1.82) is 0 Å². The molecule has 0 aliphatic carbocycles. The SMILES string of the molecule is CC(C)CNC(=O)CN(C)C(C)c1ccc(F)cc1O. The average molecular weight is 282 g/mol. The first-order valence-corrected chi connectivity index (χ1v) is 6.76. The Morgan fingerprint density at radius 1 is 1.40 bits per heavy atom. The molecule has 112 valence electrons. The van der Waals surface area contributed by atoms with Gasteiger partial charge in [0.05, 0.1) is 6.54 Å². The van der Waals surface area contributed by atoms with Crippen molar-refractivity contribution < 1.29 is 14.3 Å². The van der Waals surface area contributed by atoms with E-state index in [0.29, 0.717) is 18.0 Å². The molecule has 1 unspecified atom stereocenters. The second kappa shape index (κ2) is 7.24. The van der Waals surface area contributed by atoms with Crippen molar-refractivity contribution in [2.75, 3.05) is 20.1 Å². The Balaban J connectivity index is 2.62. The average Bonchev–Trinajstić information content (AvgIpc) is 2.35. The van der Waals surface area contributed by atoms with Gasteiger partial charge in [-0.2, -0.15) is 0 Å². The Kier molecular flexibility index (Phi) is 5.95. The van der Waals surface area contributed by atoms with E-state index >= 15 is 0 Å². The minimum absolute atomic E-state index is 0.0605. The normalized spacial score (nSPS) is 12.8. The molecule has 4 nitrogen and oxygen atoms in total. The summed E-state index contributed by atoms with van der Waals surface area (Å²) in [5, 5.41) is 12.6. The number of amides is 1. The lowest BCUT2D eigenvalue weighted by atomic mass is 10.1. The second-order valence-electron chi connectivity index (χ2n) is 5.49. The van der Waals surface area contributed by atoms with Crippen LogP contribution in [0.3, 0.4) is 0 Å². The predicted molar refractivity (Wildman–Crippen MR) is 77.0 cm³/mol. The Bertz CT molecular complexity index is 463. The molecule has 0 spiro atoms. The van der Waals surface area contributed by atoms with Crippen LogP contribution < -0.4 is 5.32 Å². The van der Waals surface area contributed by atoms with Crippen molar-refractivity contribution in [2.45, 2.75) is 26.8 Å². The third kappa shape index (κ3) is 4.81. The van der Waals surface area contributed by atoms with Crippen LogP contribution in [0.1, 0.15) is 32.4 Å². The number of carbonyl (C=O) groups excluding carboxylic acids is 1. The van der Waals surface area contributed by atoms with Crippen LogP contribution in [0.15, 0.2) is 18.2 Å². The number of halogens is 1. The number of nitrogens with zero attached hydrogens (tertiary/aromatic N) is 1. The van der Waals surface area contributed by atoms with Crippen LogP contribution in [0.4, 0.5) is 4.39 Å². The highest BCUT2D eigenvalue weighted by Gasteiger charge is 2.18. The molecule has 0 saturated carbocycles. The van der Waals surface area contributed by atoms with E-state index in [1.54, 1.807) is 7.05 Å². The van der Waals surface area contributed by atoms with E-state index in [2.05, 4.69) is 5.32 Å². The first-order chi connectivity index (χ1) is 9.31. The van der Waals surface area contributed by atoms with Gasteiger partial charge in [0.25, 0.3) is 0 Å². The first-order valence-electron chi connectivity index (χ1n) is 6.76. The second-order valence-corrected chi connectivity index (χ2v) is 5.49. The van der Waals surface area contributed by atoms with Crippen LogP contribution in [0.2, 0.25) is 0 Å². The van der Waals surface area contributed by atoms with Crippen molar-refractivity contribution in [2.24, 2.45) is 5.92 Å². The molecule has 1 atom stereocenters. The summed E-state index contributed by atoms with van der Waals surface area (Å²) in [6, 6.07) is 3.75. The monoisotopic (exact) mass is 282 g/mol. The third-order valence-corrected chi connectivity index (χ3v) is 3.20. The maximum atomic E-state index is 13.0. The summed E-state index contributed by atoms with van der Waals surface area (Å²) in [7, 11) is 1.79. The molecule has 1 aromatic rings. The summed E-state index contributed by atoms with van der Waals surface area (Å²) in [5.41, 5.74) is 0.602. The zero-order valence-corrected chi connectivity index (χ0v) is 12.5. The van der Waals surface area contributed by atoms with E-state index in [-0.39, 0.29) is 24.2 Å². The summed E-state index contributed by atoms with van der Waals surface area (Å²) >= 11 is 0. The molecule has 0 aliphatic heterocycles. The van der Waals surface area contributed by atoms with Crippen molar-refractivity contribution in [3.63, 3.8) is 0 Å². The van der Waals surface area contributed by atoms with Crippen LogP contribution in [0.25, 0.3) is 0 Å². The molecule has 0 heterocycles. The number of benzene rings is 1. The maximum absolute atomic E-state index is 13.0. The van der Waals surface area contributed by atoms with E-state index < -0.39 is 5.82 Å². The van der Waals surface area contributed by atoms with E-state index in [9.17, 15) is 14.3 Å². The highest BCUT2D eigenvalue weighted by atomic mass is 19.1. The number of likely N-dealkylation sites (N-methyl/N-ethyl adjacent to an activating group) is 1. The zero-order chi connectivity index (χ0) is 15.3. The molecule has 1 aromatic carbocycles. The predicted octanol–water partition coefficient (Wildman–Crippen LogP) is 2.30. The molecule has 0 fully saturated rings. The van der Waals surface area contributed by atoms with Gasteiger partial charge in [0.2, 0.25) is 5.91 Å². The van der Waals surface area contributed by atoms with Crippen LogP contribution in [0, 0.1) is 11.7 Å². The Morgan fingerprint density at radius 3 is 2.60 bits per heavy atom. The number of hydrogen-bond donors (Lipinski definition) is 2. The lowest BCUT2D eigenvalue weighted by Gasteiger charge is -2.25. The molecule has 1 rings (SSSR count). The van der Waals surface area contributed by atoms with Gasteiger partial charge in [-0.25, -0.2) is 4.39 Å². The van der Waals surface area contributed by atoms with Crippen molar-refractivity contribution in [3.8, 4) is 5.75 Å². The van der Waals surface area contributed by atoms with Gasteiger partial charge in [0.15, 0.2) is 0 Å². The minimum atomic E-state index is -0.476. The van der Waals surface area contributed by atoms with E-state index in [4.69, 9.17) is 0 Å². The zero-order valence-electron chi connectivity index (χ0n) is 12.5. The summed E-state index contributed by atoms with van der Waals surface area (Å²) in [4.78, 5) is 13.6. The van der Waals surface area contributed by atoms with Gasteiger partial charge in [0.1, 0.15) is 11.6 Å². The molecule has 0 aliphatic rings. The number of hydrogen-bond acceptors (Lipinski definition) is 3. The molecular weight excluding hydrogens is 259 g/mol. The lowest BCUT2D eigenvalue weighted by Crippen LogP contribution is -2.37. The van der Waals surface area contributed by atoms with E-state index in [1.807, 2.05) is 25.7 Å². The fourth-order valence-corrected chi connectivity index (χ4v) is 1.84. The molecule has 0 radical (unpaired) electrons. The van der Waals surface area contributed by atoms with Crippen molar-refractivity contribution >= 4 is 5.91 Å². The summed E-state index contributed by atoms with van der Waals surface area (Å²) in [6.07, 6.45) is 0. The number of aromatic hydroxyl groups is 1. The molecule has 5 heteroatoms. The third-order valence-electron chi connectivity index (χ3n) is 3.20. The number of carbonyl (C=O) groups is 1. The summed E-state index contributed by atoms with van der Waals surface area (Å²) in [5.74, 6) is -0.222. The molecule has 1 amide bonds.